The largest absolute Gasteiger partial charge is 0.340 e. The van der Waals surface area contributed by atoms with Crippen molar-refractivity contribution in [2.45, 2.75) is 32.9 Å². The highest BCUT2D eigenvalue weighted by molar-refractivity contribution is 7.10. The summed E-state index contributed by atoms with van der Waals surface area (Å²) < 4.78 is 0. The predicted molar refractivity (Wildman–Crippen MR) is 91.5 cm³/mol. The number of nitrogens with one attached hydrogen (secondary N) is 1. The first-order valence-electron chi connectivity index (χ1n) is 7.74. The summed E-state index contributed by atoms with van der Waals surface area (Å²) in [5, 5.41) is 4.75. The number of hydrogen-bond donors (Lipinski definition) is 1. The number of hydrogen-bond acceptors (Lipinski definition) is 3. The second kappa shape index (κ2) is 6.54. The minimum absolute atomic E-state index is 0.00630. The van der Waals surface area contributed by atoms with Gasteiger partial charge in [0.2, 0.25) is 5.91 Å². The van der Waals surface area contributed by atoms with Crippen LogP contribution in [0, 0.1) is 13.8 Å². The van der Waals surface area contributed by atoms with E-state index in [4.69, 9.17) is 0 Å². The van der Waals surface area contributed by atoms with Gasteiger partial charge >= 0.3 is 0 Å². The van der Waals surface area contributed by atoms with E-state index in [1.165, 1.54) is 0 Å². The fourth-order valence-electron chi connectivity index (χ4n) is 2.81. The Morgan fingerprint density at radius 1 is 1.30 bits per heavy atom. The minimum atomic E-state index is -0.411. The third kappa shape index (κ3) is 3.29. The standard InChI is InChI=1S/C18H20N2O2S/c1-12-13(2)23-11-15(12)17(21)19-16-8-9-20(18(16)22)10-14-6-4-3-5-7-14/h3-7,11,16H,8-10H2,1-2H3,(H,19,21)/t16-/m1/s1. The van der Waals surface area contributed by atoms with Crippen LogP contribution in [0.5, 0.6) is 0 Å². The fraction of sp³-hybridized carbons (Fsp3) is 0.333. The smallest absolute Gasteiger partial charge is 0.253 e. The number of benzene rings is 1. The Balaban J connectivity index is 1.63. The zero-order chi connectivity index (χ0) is 16.4. The van der Waals surface area contributed by atoms with Gasteiger partial charge in [-0.1, -0.05) is 30.3 Å². The molecule has 1 atom stereocenters. The van der Waals surface area contributed by atoms with Crippen LogP contribution in [-0.2, 0) is 11.3 Å². The van der Waals surface area contributed by atoms with Crippen LogP contribution in [0.25, 0.3) is 0 Å². The molecule has 1 fully saturated rings. The zero-order valence-electron chi connectivity index (χ0n) is 13.3. The summed E-state index contributed by atoms with van der Waals surface area (Å²) in [4.78, 5) is 27.8. The van der Waals surface area contributed by atoms with Crippen LogP contribution in [0.4, 0.5) is 0 Å². The van der Waals surface area contributed by atoms with Crippen molar-refractivity contribution >= 4 is 23.2 Å². The van der Waals surface area contributed by atoms with E-state index in [0.717, 1.165) is 16.0 Å². The van der Waals surface area contributed by atoms with E-state index in [1.807, 2.05) is 54.5 Å². The van der Waals surface area contributed by atoms with Gasteiger partial charge < -0.3 is 10.2 Å². The molecule has 2 amide bonds. The summed E-state index contributed by atoms with van der Waals surface area (Å²) in [6, 6.07) is 9.51. The molecule has 0 aliphatic carbocycles. The SMILES string of the molecule is Cc1scc(C(=O)N[C@@H]2CCN(Cc3ccccc3)C2=O)c1C. The molecule has 1 aromatic heterocycles. The second-order valence-electron chi connectivity index (χ2n) is 5.89. The first-order valence-corrected chi connectivity index (χ1v) is 8.62. The summed E-state index contributed by atoms with van der Waals surface area (Å²) in [6.07, 6.45) is 0.666. The molecule has 1 N–H and O–H groups in total. The lowest BCUT2D eigenvalue weighted by Gasteiger charge is -2.17. The van der Waals surface area contributed by atoms with E-state index in [-0.39, 0.29) is 11.8 Å². The van der Waals surface area contributed by atoms with Gasteiger partial charge in [0.05, 0.1) is 5.56 Å². The molecule has 1 aliphatic heterocycles. The molecular formula is C18H20N2O2S. The number of carbonyl (C=O) groups is 2. The number of amides is 2. The summed E-state index contributed by atoms with van der Waals surface area (Å²) in [5.74, 6) is -0.140. The van der Waals surface area contributed by atoms with Crippen LogP contribution in [0.15, 0.2) is 35.7 Å². The summed E-state index contributed by atoms with van der Waals surface area (Å²) >= 11 is 1.56. The molecule has 0 saturated carbocycles. The van der Waals surface area contributed by atoms with Crippen molar-refractivity contribution in [3.63, 3.8) is 0 Å². The van der Waals surface area contributed by atoms with Gasteiger partial charge in [-0.2, -0.15) is 0 Å². The van der Waals surface area contributed by atoms with E-state index in [9.17, 15) is 9.59 Å². The molecule has 1 aliphatic rings. The number of aryl methyl sites for hydroxylation is 1. The van der Waals surface area contributed by atoms with Crippen molar-refractivity contribution < 1.29 is 9.59 Å². The third-order valence-corrected chi connectivity index (χ3v) is 5.36. The van der Waals surface area contributed by atoms with Gasteiger partial charge in [-0.15, -0.1) is 11.3 Å². The van der Waals surface area contributed by atoms with Crippen LogP contribution < -0.4 is 5.32 Å². The monoisotopic (exact) mass is 328 g/mol. The molecule has 2 aromatic rings. The molecule has 5 heteroatoms. The van der Waals surface area contributed by atoms with Crippen LogP contribution in [0.2, 0.25) is 0 Å². The molecule has 3 rings (SSSR count). The maximum absolute atomic E-state index is 12.5. The van der Waals surface area contributed by atoms with Crippen LogP contribution in [0.3, 0.4) is 0 Å². The molecular weight excluding hydrogens is 308 g/mol. The highest BCUT2D eigenvalue weighted by Gasteiger charge is 2.33. The van der Waals surface area contributed by atoms with Crippen molar-refractivity contribution in [3.8, 4) is 0 Å². The number of likely N-dealkylation sites (tertiary alicyclic amines) is 1. The molecule has 0 spiro atoms. The lowest BCUT2D eigenvalue weighted by Crippen LogP contribution is -2.41. The van der Waals surface area contributed by atoms with Crippen LogP contribution >= 0.6 is 11.3 Å². The van der Waals surface area contributed by atoms with Gasteiger partial charge in [-0.05, 0) is 31.4 Å². The first kappa shape index (κ1) is 15.7. The van der Waals surface area contributed by atoms with Crippen molar-refractivity contribution in [1.29, 1.82) is 0 Å². The first-order chi connectivity index (χ1) is 11.1. The average molecular weight is 328 g/mol. The van der Waals surface area contributed by atoms with E-state index >= 15 is 0 Å². The topological polar surface area (TPSA) is 49.4 Å². The van der Waals surface area contributed by atoms with E-state index in [2.05, 4.69) is 5.32 Å². The molecule has 2 heterocycles. The molecule has 120 valence electrons. The molecule has 0 unspecified atom stereocenters. The molecule has 4 nitrogen and oxygen atoms in total. The van der Waals surface area contributed by atoms with E-state index in [1.54, 1.807) is 11.3 Å². The van der Waals surface area contributed by atoms with Gasteiger partial charge in [0.25, 0.3) is 5.91 Å². The van der Waals surface area contributed by atoms with Crippen molar-refractivity contribution in [2.75, 3.05) is 6.54 Å². The van der Waals surface area contributed by atoms with Crippen molar-refractivity contribution in [3.05, 3.63) is 57.3 Å². The van der Waals surface area contributed by atoms with Gasteiger partial charge in [-0.25, -0.2) is 0 Å². The zero-order valence-corrected chi connectivity index (χ0v) is 14.2. The quantitative estimate of drug-likeness (QED) is 0.938. The van der Waals surface area contributed by atoms with Gasteiger partial charge in [-0.3, -0.25) is 9.59 Å². The molecule has 1 aromatic carbocycles. The van der Waals surface area contributed by atoms with Gasteiger partial charge in [0, 0.05) is 23.3 Å². The lowest BCUT2D eigenvalue weighted by atomic mass is 10.1. The van der Waals surface area contributed by atoms with E-state index < -0.39 is 6.04 Å². The summed E-state index contributed by atoms with van der Waals surface area (Å²) in [6.45, 7) is 5.22. The Morgan fingerprint density at radius 2 is 2.04 bits per heavy atom. The van der Waals surface area contributed by atoms with Gasteiger partial charge in [0.15, 0.2) is 0 Å². The Morgan fingerprint density at radius 3 is 2.70 bits per heavy atom. The Labute approximate surface area is 140 Å². The Bertz CT molecular complexity index is 724. The maximum atomic E-state index is 12.5. The molecule has 0 bridgehead atoms. The predicted octanol–water partition coefficient (Wildman–Crippen LogP) is 2.90. The highest BCUT2D eigenvalue weighted by Crippen LogP contribution is 2.21. The maximum Gasteiger partial charge on any atom is 0.253 e. The number of thiophene rings is 1. The molecule has 1 saturated heterocycles. The Hall–Kier alpha value is -2.14. The number of rotatable bonds is 4. The third-order valence-electron chi connectivity index (χ3n) is 4.35. The van der Waals surface area contributed by atoms with Gasteiger partial charge in [0.1, 0.15) is 6.04 Å². The van der Waals surface area contributed by atoms with Crippen LogP contribution in [0.1, 0.15) is 32.8 Å². The lowest BCUT2D eigenvalue weighted by molar-refractivity contribution is -0.129. The molecule has 23 heavy (non-hydrogen) atoms. The van der Waals surface area contributed by atoms with Crippen molar-refractivity contribution in [2.24, 2.45) is 0 Å². The molecule has 0 radical (unpaired) electrons. The Kier molecular flexibility index (Phi) is 4.48. The second-order valence-corrected chi connectivity index (χ2v) is 6.97. The average Bonchev–Trinajstić information content (AvgIpc) is 3.06. The number of nitrogens with zero attached hydrogens (tertiary/aromatic N) is 1. The van der Waals surface area contributed by atoms with Crippen molar-refractivity contribution in [1.82, 2.24) is 10.2 Å². The van der Waals surface area contributed by atoms with Crippen LogP contribution in [-0.4, -0.2) is 29.3 Å². The highest BCUT2D eigenvalue weighted by atomic mass is 32.1. The summed E-state index contributed by atoms with van der Waals surface area (Å²) in [5.41, 5.74) is 2.79. The normalized spacial score (nSPS) is 17.6. The number of carbonyl (C=O) groups excluding carboxylic acids is 2. The summed E-state index contributed by atoms with van der Waals surface area (Å²) in [7, 11) is 0. The van der Waals surface area contributed by atoms with E-state index in [0.29, 0.717) is 25.1 Å². The minimum Gasteiger partial charge on any atom is -0.340 e. The fourth-order valence-corrected chi connectivity index (χ4v) is 3.67.